The Morgan fingerprint density at radius 1 is 1.38 bits per heavy atom. The third-order valence-electron chi connectivity index (χ3n) is 2.92. The SMILES string of the molecule is CCC(Cl)C(=O)N1CCN(CCOC)CC1. The minimum atomic E-state index is -0.356. The lowest BCUT2D eigenvalue weighted by Crippen LogP contribution is -2.51. The first-order valence-corrected chi connectivity index (χ1v) is 6.26. The molecule has 0 radical (unpaired) electrons. The fourth-order valence-corrected chi connectivity index (χ4v) is 1.92. The first-order valence-electron chi connectivity index (χ1n) is 5.83. The molecule has 0 aromatic rings. The molecule has 16 heavy (non-hydrogen) atoms. The highest BCUT2D eigenvalue weighted by Crippen LogP contribution is 2.09. The number of piperazine rings is 1. The van der Waals surface area contributed by atoms with Crippen LogP contribution in [-0.2, 0) is 9.53 Å². The van der Waals surface area contributed by atoms with Gasteiger partial charge in [0, 0.05) is 39.8 Å². The average Bonchev–Trinajstić information content (AvgIpc) is 2.35. The second-order valence-electron chi connectivity index (χ2n) is 4.04. The number of amides is 1. The minimum Gasteiger partial charge on any atom is -0.383 e. The molecule has 1 aliphatic rings. The number of hydrogen-bond acceptors (Lipinski definition) is 3. The maximum absolute atomic E-state index is 11.8. The van der Waals surface area contributed by atoms with Gasteiger partial charge in [0.1, 0.15) is 5.38 Å². The number of carbonyl (C=O) groups excluding carboxylic acids is 1. The van der Waals surface area contributed by atoms with Crippen LogP contribution in [0.2, 0.25) is 0 Å². The Hall–Kier alpha value is -0.320. The molecule has 1 unspecified atom stereocenters. The number of carbonyl (C=O) groups is 1. The van der Waals surface area contributed by atoms with Gasteiger partial charge in [-0.3, -0.25) is 9.69 Å². The number of halogens is 1. The van der Waals surface area contributed by atoms with E-state index in [-0.39, 0.29) is 11.3 Å². The number of rotatable bonds is 5. The predicted molar refractivity (Wildman–Crippen MR) is 64.8 cm³/mol. The summed E-state index contributed by atoms with van der Waals surface area (Å²) in [6, 6.07) is 0. The first-order chi connectivity index (χ1) is 7.69. The van der Waals surface area contributed by atoms with Crippen LogP contribution in [0.15, 0.2) is 0 Å². The molecule has 0 saturated carbocycles. The van der Waals surface area contributed by atoms with Gasteiger partial charge < -0.3 is 9.64 Å². The standard InChI is InChI=1S/C11H21ClN2O2/c1-3-10(12)11(15)14-6-4-13(5-7-14)8-9-16-2/h10H,3-9H2,1-2H3. The smallest absolute Gasteiger partial charge is 0.240 e. The number of methoxy groups -OCH3 is 1. The summed E-state index contributed by atoms with van der Waals surface area (Å²) in [5.41, 5.74) is 0. The Bertz CT molecular complexity index is 218. The molecule has 1 atom stereocenters. The highest BCUT2D eigenvalue weighted by atomic mass is 35.5. The van der Waals surface area contributed by atoms with Gasteiger partial charge in [-0.25, -0.2) is 0 Å². The van der Waals surface area contributed by atoms with Crippen molar-refractivity contribution in [3.05, 3.63) is 0 Å². The van der Waals surface area contributed by atoms with E-state index in [1.165, 1.54) is 0 Å². The lowest BCUT2D eigenvalue weighted by Gasteiger charge is -2.35. The van der Waals surface area contributed by atoms with Gasteiger partial charge in [-0.1, -0.05) is 6.92 Å². The fourth-order valence-electron chi connectivity index (χ4n) is 1.78. The van der Waals surface area contributed by atoms with Crippen LogP contribution >= 0.6 is 11.6 Å². The van der Waals surface area contributed by atoms with E-state index in [0.29, 0.717) is 6.42 Å². The molecular formula is C11H21ClN2O2. The van der Waals surface area contributed by atoms with Gasteiger partial charge in [0.05, 0.1) is 6.61 Å². The molecule has 5 heteroatoms. The summed E-state index contributed by atoms with van der Waals surface area (Å²) in [6.45, 7) is 7.03. The van der Waals surface area contributed by atoms with E-state index >= 15 is 0 Å². The van der Waals surface area contributed by atoms with Crippen LogP contribution < -0.4 is 0 Å². The zero-order valence-corrected chi connectivity index (χ0v) is 10.9. The monoisotopic (exact) mass is 248 g/mol. The summed E-state index contributed by atoms with van der Waals surface area (Å²) < 4.78 is 5.03. The van der Waals surface area contributed by atoms with Gasteiger partial charge in [-0.15, -0.1) is 11.6 Å². The molecule has 1 rings (SSSR count). The van der Waals surface area contributed by atoms with Crippen molar-refractivity contribution in [3.8, 4) is 0 Å². The Morgan fingerprint density at radius 3 is 2.50 bits per heavy atom. The Morgan fingerprint density at radius 2 is 2.00 bits per heavy atom. The molecule has 1 amide bonds. The molecule has 0 aliphatic carbocycles. The van der Waals surface area contributed by atoms with Crippen molar-refractivity contribution in [2.24, 2.45) is 0 Å². The summed E-state index contributed by atoms with van der Waals surface area (Å²) >= 11 is 5.94. The highest BCUT2D eigenvalue weighted by Gasteiger charge is 2.24. The second kappa shape index (κ2) is 7.09. The van der Waals surface area contributed by atoms with E-state index in [9.17, 15) is 4.79 Å². The molecule has 4 nitrogen and oxygen atoms in total. The normalized spacial score (nSPS) is 19.8. The Labute approximate surface area is 102 Å². The van der Waals surface area contributed by atoms with Gasteiger partial charge in [-0.2, -0.15) is 0 Å². The maximum Gasteiger partial charge on any atom is 0.240 e. The summed E-state index contributed by atoms with van der Waals surface area (Å²) in [4.78, 5) is 16.0. The van der Waals surface area contributed by atoms with Crippen molar-refractivity contribution >= 4 is 17.5 Å². The minimum absolute atomic E-state index is 0.0792. The molecule has 94 valence electrons. The predicted octanol–water partition coefficient (Wildman–Crippen LogP) is 0.794. The van der Waals surface area contributed by atoms with Crippen molar-refractivity contribution in [2.45, 2.75) is 18.7 Å². The topological polar surface area (TPSA) is 32.8 Å². The van der Waals surface area contributed by atoms with Crippen LogP contribution in [0.5, 0.6) is 0 Å². The van der Waals surface area contributed by atoms with Crippen molar-refractivity contribution < 1.29 is 9.53 Å². The van der Waals surface area contributed by atoms with Crippen LogP contribution in [0, 0.1) is 0 Å². The van der Waals surface area contributed by atoms with Crippen LogP contribution in [-0.4, -0.2) is 67.5 Å². The van der Waals surface area contributed by atoms with Gasteiger partial charge >= 0.3 is 0 Å². The zero-order chi connectivity index (χ0) is 12.0. The van der Waals surface area contributed by atoms with Crippen LogP contribution in [0.1, 0.15) is 13.3 Å². The lowest BCUT2D eigenvalue weighted by molar-refractivity contribution is -0.132. The molecule has 0 N–H and O–H groups in total. The first kappa shape index (κ1) is 13.7. The van der Waals surface area contributed by atoms with Gasteiger partial charge in [0.2, 0.25) is 5.91 Å². The van der Waals surface area contributed by atoms with E-state index in [4.69, 9.17) is 16.3 Å². The third kappa shape index (κ3) is 3.92. The van der Waals surface area contributed by atoms with E-state index in [1.807, 2.05) is 11.8 Å². The highest BCUT2D eigenvalue weighted by molar-refractivity contribution is 6.30. The van der Waals surface area contributed by atoms with Crippen LogP contribution in [0.3, 0.4) is 0 Å². The molecule has 1 aliphatic heterocycles. The molecular weight excluding hydrogens is 228 g/mol. The molecule has 0 aromatic heterocycles. The number of hydrogen-bond donors (Lipinski definition) is 0. The zero-order valence-electron chi connectivity index (χ0n) is 10.1. The molecule has 1 fully saturated rings. The summed E-state index contributed by atoms with van der Waals surface area (Å²) in [5, 5.41) is -0.356. The number of nitrogens with zero attached hydrogens (tertiary/aromatic N) is 2. The van der Waals surface area contributed by atoms with E-state index in [0.717, 1.165) is 39.3 Å². The number of ether oxygens (including phenoxy) is 1. The van der Waals surface area contributed by atoms with Gasteiger partial charge in [0.25, 0.3) is 0 Å². The maximum atomic E-state index is 11.8. The van der Waals surface area contributed by atoms with Gasteiger partial charge in [0.15, 0.2) is 0 Å². The van der Waals surface area contributed by atoms with Crippen LogP contribution in [0.25, 0.3) is 0 Å². The fraction of sp³-hybridized carbons (Fsp3) is 0.909. The quantitative estimate of drug-likeness (QED) is 0.675. The second-order valence-corrected chi connectivity index (χ2v) is 4.56. The lowest BCUT2D eigenvalue weighted by atomic mass is 10.2. The molecule has 1 saturated heterocycles. The molecule has 1 heterocycles. The molecule has 0 spiro atoms. The summed E-state index contributed by atoms with van der Waals surface area (Å²) in [7, 11) is 1.71. The van der Waals surface area contributed by atoms with Crippen molar-refractivity contribution in [3.63, 3.8) is 0 Å². The van der Waals surface area contributed by atoms with Gasteiger partial charge in [-0.05, 0) is 6.42 Å². The van der Waals surface area contributed by atoms with E-state index in [1.54, 1.807) is 7.11 Å². The van der Waals surface area contributed by atoms with E-state index in [2.05, 4.69) is 4.90 Å². The molecule has 0 bridgehead atoms. The number of alkyl halides is 1. The average molecular weight is 249 g/mol. The van der Waals surface area contributed by atoms with Crippen molar-refractivity contribution in [1.29, 1.82) is 0 Å². The largest absolute Gasteiger partial charge is 0.383 e. The van der Waals surface area contributed by atoms with Crippen LogP contribution in [0.4, 0.5) is 0 Å². The Balaban J connectivity index is 2.28. The Kier molecular flexibility index (Phi) is 6.09. The third-order valence-corrected chi connectivity index (χ3v) is 3.42. The molecule has 0 aromatic carbocycles. The van der Waals surface area contributed by atoms with Crippen molar-refractivity contribution in [2.75, 3.05) is 46.4 Å². The van der Waals surface area contributed by atoms with Crippen molar-refractivity contribution in [1.82, 2.24) is 9.80 Å². The summed E-state index contributed by atoms with van der Waals surface area (Å²) in [6.07, 6.45) is 0.699. The van der Waals surface area contributed by atoms with E-state index < -0.39 is 0 Å². The summed E-state index contributed by atoms with van der Waals surface area (Å²) in [5.74, 6) is 0.0792.